The van der Waals surface area contributed by atoms with E-state index in [9.17, 15) is 14.4 Å². The molecule has 1 heterocycles. The van der Waals surface area contributed by atoms with Crippen molar-refractivity contribution in [1.29, 1.82) is 0 Å². The number of Topliss-reactive ketones (excluding diaryl/α,β-unsaturated/α-hetero) is 1. The van der Waals surface area contributed by atoms with E-state index >= 15 is 0 Å². The molecule has 1 aliphatic carbocycles. The Kier molecular flexibility index (Phi) is 12.8. The average molecular weight is 481 g/mol. The number of hydrogen-bond donors (Lipinski definition) is 0. The van der Waals surface area contributed by atoms with E-state index in [-0.39, 0.29) is 32.8 Å². The number of rotatable bonds is 0. The van der Waals surface area contributed by atoms with Crippen molar-refractivity contribution in [3.8, 4) is 0 Å². The van der Waals surface area contributed by atoms with Gasteiger partial charge in [-0.2, -0.15) is 6.92 Å². The van der Waals surface area contributed by atoms with Gasteiger partial charge in [-0.1, -0.05) is 46.5 Å². The van der Waals surface area contributed by atoms with E-state index in [1.54, 1.807) is 13.8 Å². The molecule has 0 radical (unpaired) electrons. The van der Waals surface area contributed by atoms with Crippen molar-refractivity contribution >= 4 is 17.7 Å². The molecule has 0 N–H and O–H groups in total. The zero-order valence-corrected chi connectivity index (χ0v) is 17.5. The Bertz CT molecular complexity index is 328. The fraction of sp³-hybridized carbons (Fsp3) is 0.765. The van der Waals surface area contributed by atoms with Crippen LogP contribution in [0.2, 0.25) is 0 Å². The molecule has 128 valence electrons. The molecule has 0 aromatic heterocycles. The predicted octanol–water partition coefficient (Wildman–Crippen LogP) is 3.73. The molecular formula is C17H29O4W-. The first kappa shape index (κ1) is 23.6. The van der Waals surface area contributed by atoms with Crippen LogP contribution >= 0.6 is 0 Å². The quantitative estimate of drug-likeness (QED) is 0.301. The third-order valence-electron chi connectivity index (χ3n) is 3.82. The second kappa shape index (κ2) is 11.9. The maximum atomic E-state index is 10.5. The summed E-state index contributed by atoms with van der Waals surface area (Å²) in [5.41, 5.74) is 0. The fourth-order valence-corrected chi connectivity index (χ4v) is 2.04. The van der Waals surface area contributed by atoms with Crippen LogP contribution in [0.4, 0.5) is 0 Å². The first-order valence-corrected chi connectivity index (χ1v) is 7.71. The Labute approximate surface area is 149 Å². The van der Waals surface area contributed by atoms with Crippen LogP contribution in [0, 0.1) is 23.7 Å². The van der Waals surface area contributed by atoms with Crippen molar-refractivity contribution in [2.24, 2.45) is 17.8 Å². The molecule has 1 atom stereocenters. The number of hydrogen-bond acceptors (Lipinski definition) is 4. The number of carbonyl (C=O) groups is 3. The van der Waals surface area contributed by atoms with Crippen molar-refractivity contribution in [2.45, 2.75) is 67.2 Å². The molecule has 2 aliphatic rings. The summed E-state index contributed by atoms with van der Waals surface area (Å²) in [7, 11) is 0. The van der Waals surface area contributed by atoms with Crippen LogP contribution in [0.15, 0.2) is 0 Å². The standard InChI is InChI=1S/C8H16.C6H7O3.C3H6O.W/c1-7-3-5-8(2)6-4-7;1-3-4(2)6(8)9-5(3)7;1-3(2)4;/h7-8H,3-6H2,1-2H3;3H,1-2H3;1-2H3;/q;-1;;. The van der Waals surface area contributed by atoms with Crippen LogP contribution < -0.4 is 0 Å². The molecule has 0 aromatic carbocycles. The molecule has 1 saturated heterocycles. The maximum Gasteiger partial charge on any atom is 0.287 e. The monoisotopic (exact) mass is 481 g/mol. The molecule has 0 amide bonds. The number of carbonyl (C=O) groups excluding carboxylic acids is 3. The van der Waals surface area contributed by atoms with Crippen LogP contribution in [-0.2, 0) is 40.2 Å². The molecule has 0 spiro atoms. The van der Waals surface area contributed by atoms with E-state index < -0.39 is 11.9 Å². The molecule has 2 fully saturated rings. The zero-order chi connectivity index (χ0) is 16.6. The first-order chi connectivity index (χ1) is 9.65. The maximum absolute atomic E-state index is 10.5. The third-order valence-corrected chi connectivity index (χ3v) is 3.82. The molecule has 1 aliphatic heterocycles. The second-order valence-corrected chi connectivity index (χ2v) is 6.39. The van der Waals surface area contributed by atoms with E-state index in [2.05, 4.69) is 18.6 Å². The van der Waals surface area contributed by atoms with Crippen LogP contribution in [-0.4, -0.2) is 17.7 Å². The first-order valence-electron chi connectivity index (χ1n) is 7.71. The SMILES string of the molecule is CC(C)=O.CC1CCC(C)CC1.C[C-]1C(=O)OC(=O)C1C.[W]. The molecule has 5 heteroatoms. The third kappa shape index (κ3) is 10.2. The van der Waals surface area contributed by atoms with Gasteiger partial charge in [0.1, 0.15) is 5.78 Å². The van der Waals surface area contributed by atoms with Gasteiger partial charge in [0.25, 0.3) is 5.97 Å². The summed E-state index contributed by atoms with van der Waals surface area (Å²) in [4.78, 5) is 30.5. The minimum Gasteiger partial charge on any atom is -0.422 e. The van der Waals surface area contributed by atoms with Crippen LogP contribution in [0.3, 0.4) is 0 Å². The van der Waals surface area contributed by atoms with Crippen molar-refractivity contribution in [3.05, 3.63) is 5.92 Å². The minimum atomic E-state index is -0.479. The van der Waals surface area contributed by atoms with E-state index in [4.69, 9.17) is 0 Å². The number of cyclic esters (lactones) is 2. The van der Waals surface area contributed by atoms with E-state index in [0.717, 1.165) is 11.8 Å². The molecular weight excluding hydrogens is 452 g/mol. The van der Waals surface area contributed by atoms with Crippen molar-refractivity contribution < 1.29 is 40.2 Å². The summed E-state index contributed by atoms with van der Waals surface area (Å²) in [6.45, 7) is 11.1. The van der Waals surface area contributed by atoms with E-state index in [0.29, 0.717) is 5.92 Å². The number of esters is 2. The summed E-state index contributed by atoms with van der Waals surface area (Å²) < 4.78 is 4.27. The fourth-order valence-electron chi connectivity index (χ4n) is 2.04. The minimum absolute atomic E-state index is 0. The Hall–Kier alpha value is -0.632. The molecule has 22 heavy (non-hydrogen) atoms. The summed E-state index contributed by atoms with van der Waals surface area (Å²) in [5.74, 6) is 1.46. The van der Waals surface area contributed by atoms with Gasteiger partial charge in [-0.05, 0) is 31.6 Å². The summed E-state index contributed by atoms with van der Waals surface area (Å²) in [5, 5.41) is 0. The Morgan fingerprint density at radius 3 is 1.45 bits per heavy atom. The summed E-state index contributed by atoms with van der Waals surface area (Å²) in [6.07, 6.45) is 5.89. The van der Waals surface area contributed by atoms with Gasteiger partial charge in [-0.15, -0.1) is 0 Å². The largest absolute Gasteiger partial charge is 0.422 e. The van der Waals surface area contributed by atoms with Gasteiger partial charge in [0.05, 0.1) is 0 Å². The molecule has 1 unspecified atom stereocenters. The Morgan fingerprint density at radius 2 is 1.32 bits per heavy atom. The summed E-state index contributed by atoms with van der Waals surface area (Å²) in [6, 6.07) is 0. The van der Waals surface area contributed by atoms with Gasteiger partial charge in [0, 0.05) is 21.1 Å². The molecule has 0 aromatic rings. The smallest absolute Gasteiger partial charge is 0.287 e. The van der Waals surface area contributed by atoms with Crippen LogP contribution in [0.1, 0.15) is 67.2 Å². The topological polar surface area (TPSA) is 60.4 Å². The molecule has 0 bridgehead atoms. The Morgan fingerprint density at radius 1 is 1.00 bits per heavy atom. The van der Waals surface area contributed by atoms with Gasteiger partial charge < -0.3 is 9.53 Å². The van der Waals surface area contributed by atoms with Crippen molar-refractivity contribution in [2.75, 3.05) is 0 Å². The van der Waals surface area contributed by atoms with Crippen molar-refractivity contribution in [1.82, 2.24) is 0 Å². The normalized spacial score (nSPS) is 26.6. The van der Waals surface area contributed by atoms with Crippen molar-refractivity contribution in [3.63, 3.8) is 0 Å². The van der Waals surface area contributed by atoms with Crippen LogP contribution in [0.25, 0.3) is 0 Å². The molecule has 1 saturated carbocycles. The van der Waals surface area contributed by atoms with Gasteiger partial charge in [0.2, 0.25) is 0 Å². The van der Waals surface area contributed by atoms with Crippen LogP contribution in [0.5, 0.6) is 0 Å². The van der Waals surface area contributed by atoms with E-state index in [1.165, 1.54) is 39.5 Å². The van der Waals surface area contributed by atoms with Gasteiger partial charge >= 0.3 is 0 Å². The molecule has 2 rings (SSSR count). The van der Waals surface area contributed by atoms with Gasteiger partial charge in [-0.25, -0.2) is 0 Å². The number of ether oxygens (including phenoxy) is 1. The average Bonchev–Trinajstić information content (AvgIpc) is 2.60. The van der Waals surface area contributed by atoms with Gasteiger partial charge in [-0.3, -0.25) is 15.5 Å². The second-order valence-electron chi connectivity index (χ2n) is 6.39. The number of ketones is 1. The van der Waals surface area contributed by atoms with E-state index in [1.807, 2.05) is 0 Å². The summed E-state index contributed by atoms with van der Waals surface area (Å²) >= 11 is 0. The Balaban J connectivity index is 0. The zero-order valence-electron chi connectivity index (χ0n) is 14.6. The predicted molar refractivity (Wildman–Crippen MR) is 82.3 cm³/mol. The van der Waals surface area contributed by atoms with Gasteiger partial charge in [0.15, 0.2) is 5.97 Å². The molecule has 4 nitrogen and oxygen atoms in total.